The van der Waals surface area contributed by atoms with Gasteiger partial charge in [0.25, 0.3) is 0 Å². The molecule has 0 bridgehead atoms. The van der Waals surface area contributed by atoms with Crippen molar-refractivity contribution in [2.45, 2.75) is 31.8 Å². The predicted molar refractivity (Wildman–Crippen MR) is 50.9 cm³/mol. The highest BCUT2D eigenvalue weighted by Gasteiger charge is 2.18. The second kappa shape index (κ2) is 3.93. The fourth-order valence-electron chi connectivity index (χ4n) is 1.59. The summed E-state index contributed by atoms with van der Waals surface area (Å²) in [6.45, 7) is 0.748. The summed E-state index contributed by atoms with van der Waals surface area (Å²) < 4.78 is 1.64. The SMILES string of the molecule is Cl.NC1CCCCn2c1n[nH]c2=O. The van der Waals surface area contributed by atoms with Crippen LogP contribution in [0.15, 0.2) is 4.79 Å². The zero-order chi connectivity index (χ0) is 8.55. The highest BCUT2D eigenvalue weighted by atomic mass is 35.5. The molecule has 13 heavy (non-hydrogen) atoms. The van der Waals surface area contributed by atoms with Crippen LogP contribution in [0.3, 0.4) is 0 Å². The van der Waals surface area contributed by atoms with Gasteiger partial charge in [0.1, 0.15) is 5.82 Å². The molecule has 3 N–H and O–H groups in total. The van der Waals surface area contributed by atoms with E-state index in [4.69, 9.17) is 5.73 Å². The number of H-pyrrole nitrogens is 1. The quantitative estimate of drug-likeness (QED) is 0.633. The molecule has 6 heteroatoms. The minimum Gasteiger partial charge on any atom is -0.321 e. The van der Waals surface area contributed by atoms with E-state index >= 15 is 0 Å². The van der Waals surface area contributed by atoms with Gasteiger partial charge < -0.3 is 5.73 Å². The number of hydrogen-bond acceptors (Lipinski definition) is 3. The Morgan fingerprint density at radius 3 is 3.08 bits per heavy atom. The topological polar surface area (TPSA) is 76.7 Å². The van der Waals surface area contributed by atoms with E-state index in [0.29, 0.717) is 5.82 Å². The first-order chi connectivity index (χ1) is 5.79. The molecule has 0 spiro atoms. The van der Waals surface area contributed by atoms with E-state index in [2.05, 4.69) is 10.2 Å². The first-order valence-electron chi connectivity index (χ1n) is 4.20. The number of nitrogens with two attached hydrogens (primary N) is 1. The zero-order valence-electron chi connectivity index (χ0n) is 7.19. The molecular weight excluding hydrogens is 192 g/mol. The van der Waals surface area contributed by atoms with Gasteiger partial charge in [-0.25, -0.2) is 9.89 Å². The molecule has 2 rings (SSSR count). The summed E-state index contributed by atoms with van der Waals surface area (Å²) >= 11 is 0. The van der Waals surface area contributed by atoms with Crippen molar-refractivity contribution in [2.24, 2.45) is 5.73 Å². The number of aromatic amines is 1. The Hall–Kier alpha value is -0.810. The molecule has 74 valence electrons. The van der Waals surface area contributed by atoms with Crippen molar-refractivity contribution in [1.82, 2.24) is 14.8 Å². The molecule has 1 aliphatic rings. The van der Waals surface area contributed by atoms with Gasteiger partial charge >= 0.3 is 5.69 Å². The smallest absolute Gasteiger partial charge is 0.321 e. The summed E-state index contributed by atoms with van der Waals surface area (Å²) in [4.78, 5) is 11.2. The van der Waals surface area contributed by atoms with Crippen LogP contribution in [-0.4, -0.2) is 14.8 Å². The Balaban J connectivity index is 0.000000845. The fraction of sp³-hybridized carbons (Fsp3) is 0.714. The maximum atomic E-state index is 11.2. The van der Waals surface area contributed by atoms with Crippen LogP contribution in [0, 0.1) is 0 Å². The van der Waals surface area contributed by atoms with E-state index in [0.717, 1.165) is 25.8 Å². The Kier molecular flexibility index (Phi) is 3.11. The molecule has 0 aliphatic carbocycles. The van der Waals surface area contributed by atoms with Gasteiger partial charge in [-0.15, -0.1) is 12.4 Å². The molecule has 1 aromatic heterocycles. The van der Waals surface area contributed by atoms with Crippen molar-refractivity contribution in [2.75, 3.05) is 0 Å². The number of halogens is 1. The van der Waals surface area contributed by atoms with Gasteiger partial charge in [-0.3, -0.25) is 4.57 Å². The summed E-state index contributed by atoms with van der Waals surface area (Å²) in [5.74, 6) is 0.706. The molecule has 1 aliphatic heterocycles. The maximum absolute atomic E-state index is 11.2. The van der Waals surface area contributed by atoms with Gasteiger partial charge in [-0.1, -0.05) is 0 Å². The third-order valence-corrected chi connectivity index (χ3v) is 2.27. The molecule has 5 nitrogen and oxygen atoms in total. The third-order valence-electron chi connectivity index (χ3n) is 2.27. The van der Waals surface area contributed by atoms with E-state index in [1.54, 1.807) is 4.57 Å². The van der Waals surface area contributed by atoms with Crippen LogP contribution in [0.1, 0.15) is 31.1 Å². The summed E-state index contributed by atoms with van der Waals surface area (Å²) in [6, 6.07) is -0.0774. The molecule has 0 saturated carbocycles. The van der Waals surface area contributed by atoms with Gasteiger partial charge in [-0.05, 0) is 19.3 Å². The van der Waals surface area contributed by atoms with Gasteiger partial charge in [0.15, 0.2) is 0 Å². The molecule has 1 unspecified atom stereocenters. The first-order valence-corrected chi connectivity index (χ1v) is 4.20. The van der Waals surface area contributed by atoms with Crippen molar-refractivity contribution < 1.29 is 0 Å². The second-order valence-corrected chi connectivity index (χ2v) is 3.14. The number of aromatic nitrogens is 3. The van der Waals surface area contributed by atoms with Crippen molar-refractivity contribution in [3.63, 3.8) is 0 Å². The van der Waals surface area contributed by atoms with Gasteiger partial charge in [-0.2, -0.15) is 5.10 Å². The second-order valence-electron chi connectivity index (χ2n) is 3.14. The molecule has 1 atom stereocenters. The minimum atomic E-state index is -0.137. The first kappa shape index (κ1) is 10.3. The lowest BCUT2D eigenvalue weighted by atomic mass is 10.1. The van der Waals surface area contributed by atoms with E-state index in [-0.39, 0.29) is 24.1 Å². The Morgan fingerprint density at radius 2 is 2.31 bits per heavy atom. The molecule has 0 fully saturated rings. The highest BCUT2D eigenvalue weighted by Crippen LogP contribution is 2.17. The summed E-state index contributed by atoms with van der Waals surface area (Å²) in [6.07, 6.45) is 3.01. The molecule has 0 saturated heterocycles. The number of hydrogen-bond donors (Lipinski definition) is 2. The van der Waals surface area contributed by atoms with E-state index in [1.807, 2.05) is 0 Å². The highest BCUT2D eigenvalue weighted by molar-refractivity contribution is 5.85. The van der Waals surface area contributed by atoms with E-state index in [1.165, 1.54) is 0 Å². The molecular formula is C7H13ClN4O. The van der Waals surface area contributed by atoms with Crippen LogP contribution in [0.5, 0.6) is 0 Å². The number of nitrogens with one attached hydrogen (secondary N) is 1. The molecule has 2 heterocycles. The lowest BCUT2D eigenvalue weighted by Crippen LogP contribution is -2.21. The van der Waals surface area contributed by atoms with E-state index < -0.39 is 0 Å². The van der Waals surface area contributed by atoms with Gasteiger partial charge in [0.2, 0.25) is 0 Å². The average Bonchev–Trinajstić information content (AvgIpc) is 2.30. The average molecular weight is 205 g/mol. The van der Waals surface area contributed by atoms with Crippen molar-refractivity contribution in [1.29, 1.82) is 0 Å². The third kappa shape index (κ3) is 1.76. The monoisotopic (exact) mass is 204 g/mol. The van der Waals surface area contributed by atoms with Crippen LogP contribution in [0.25, 0.3) is 0 Å². The molecule has 0 aromatic carbocycles. The normalized spacial score (nSPS) is 21.5. The van der Waals surface area contributed by atoms with Crippen LogP contribution in [0.4, 0.5) is 0 Å². The predicted octanol–water partition coefficient (Wildman–Crippen LogP) is 0.177. The number of fused-ring (bicyclic) bond motifs is 1. The zero-order valence-corrected chi connectivity index (χ0v) is 8.01. The lowest BCUT2D eigenvalue weighted by Gasteiger charge is -2.04. The van der Waals surface area contributed by atoms with Crippen LogP contribution in [-0.2, 0) is 6.54 Å². The fourth-order valence-corrected chi connectivity index (χ4v) is 1.59. The lowest BCUT2D eigenvalue weighted by molar-refractivity contribution is 0.599. The van der Waals surface area contributed by atoms with Crippen LogP contribution in [0.2, 0.25) is 0 Å². The van der Waals surface area contributed by atoms with Crippen LogP contribution < -0.4 is 11.4 Å². The standard InChI is InChI=1S/C7H12N4O.ClH/c8-5-3-1-2-4-11-6(5)9-10-7(11)12;/h5H,1-4,8H2,(H,10,12);1H. The Bertz CT molecular complexity index is 331. The Morgan fingerprint density at radius 1 is 1.54 bits per heavy atom. The maximum Gasteiger partial charge on any atom is 0.343 e. The van der Waals surface area contributed by atoms with Gasteiger partial charge in [0, 0.05) is 6.54 Å². The van der Waals surface area contributed by atoms with Crippen LogP contribution >= 0.6 is 12.4 Å². The minimum absolute atomic E-state index is 0. The Labute approximate surface area is 81.7 Å². The summed E-state index contributed by atoms with van der Waals surface area (Å²) in [5.41, 5.74) is 5.68. The van der Waals surface area contributed by atoms with Crippen molar-refractivity contribution in [3.05, 3.63) is 16.3 Å². The molecule has 0 amide bonds. The van der Waals surface area contributed by atoms with E-state index in [9.17, 15) is 4.79 Å². The summed E-state index contributed by atoms with van der Waals surface area (Å²) in [7, 11) is 0. The molecule has 0 radical (unpaired) electrons. The summed E-state index contributed by atoms with van der Waals surface area (Å²) in [5, 5.41) is 6.31. The number of rotatable bonds is 0. The van der Waals surface area contributed by atoms with Crippen molar-refractivity contribution >= 4 is 12.4 Å². The largest absolute Gasteiger partial charge is 0.343 e. The number of nitrogens with zero attached hydrogens (tertiary/aromatic N) is 2. The van der Waals surface area contributed by atoms with Crippen molar-refractivity contribution in [3.8, 4) is 0 Å². The molecule has 1 aromatic rings. The van der Waals surface area contributed by atoms with Gasteiger partial charge in [0.05, 0.1) is 6.04 Å².